The van der Waals surface area contributed by atoms with Crippen molar-refractivity contribution in [3.8, 4) is 0 Å². The minimum atomic E-state index is 0.765. The summed E-state index contributed by atoms with van der Waals surface area (Å²) >= 11 is 5.92. The van der Waals surface area contributed by atoms with Crippen molar-refractivity contribution >= 4 is 28.4 Å². The van der Waals surface area contributed by atoms with Crippen molar-refractivity contribution in [1.82, 2.24) is 0 Å². The van der Waals surface area contributed by atoms with Crippen LogP contribution in [0.1, 0.15) is 5.69 Å². The van der Waals surface area contributed by atoms with E-state index in [1.165, 1.54) is 5.39 Å². The minimum Gasteiger partial charge on any atom is -0.201 e. The van der Waals surface area contributed by atoms with E-state index in [2.05, 4.69) is 18.8 Å². The first-order chi connectivity index (χ1) is 6.70. The molecule has 0 aliphatic carbocycles. The van der Waals surface area contributed by atoms with Crippen LogP contribution in [0.25, 0.3) is 16.8 Å². The van der Waals surface area contributed by atoms with Gasteiger partial charge < -0.3 is 0 Å². The van der Waals surface area contributed by atoms with Gasteiger partial charge in [-0.1, -0.05) is 18.2 Å². The number of rotatable bonds is 1. The quantitative estimate of drug-likeness (QED) is 0.629. The van der Waals surface area contributed by atoms with E-state index in [1.807, 2.05) is 35.9 Å². The van der Waals surface area contributed by atoms with E-state index >= 15 is 0 Å². The van der Waals surface area contributed by atoms with Crippen molar-refractivity contribution in [2.75, 3.05) is 0 Å². The second-order valence-electron chi connectivity index (χ2n) is 3.29. The molecule has 0 radical (unpaired) electrons. The molecule has 0 bridgehead atoms. The lowest BCUT2D eigenvalue weighted by atomic mass is 10.1. The van der Waals surface area contributed by atoms with Gasteiger partial charge in [0.2, 0.25) is 5.69 Å². The standard InChI is InChI=1S/C12H11ClN/c1-3-12-7-10-6-11(13)5-4-9(10)8-14(12)2/h3-8H,1H2,2H3/q+1. The monoisotopic (exact) mass is 204 g/mol. The van der Waals surface area contributed by atoms with Crippen LogP contribution in [0.4, 0.5) is 0 Å². The minimum absolute atomic E-state index is 0.765. The summed E-state index contributed by atoms with van der Waals surface area (Å²) < 4.78 is 2.04. The van der Waals surface area contributed by atoms with Crippen LogP contribution < -0.4 is 4.57 Å². The largest absolute Gasteiger partial charge is 0.204 e. The fraction of sp³-hybridized carbons (Fsp3) is 0.0833. The van der Waals surface area contributed by atoms with Crippen molar-refractivity contribution in [3.63, 3.8) is 0 Å². The number of fused-ring (bicyclic) bond motifs is 1. The number of aryl methyl sites for hydroxylation is 1. The maximum Gasteiger partial charge on any atom is 0.204 e. The first kappa shape index (κ1) is 9.22. The van der Waals surface area contributed by atoms with Crippen molar-refractivity contribution in [1.29, 1.82) is 0 Å². The molecule has 0 atom stereocenters. The summed E-state index contributed by atoms with van der Waals surface area (Å²) in [6.07, 6.45) is 3.91. The number of hydrogen-bond donors (Lipinski definition) is 0. The maximum absolute atomic E-state index is 5.92. The summed E-state index contributed by atoms with van der Waals surface area (Å²) in [6, 6.07) is 7.96. The maximum atomic E-state index is 5.92. The van der Waals surface area contributed by atoms with E-state index in [4.69, 9.17) is 11.6 Å². The lowest BCUT2D eigenvalue weighted by Gasteiger charge is -1.99. The molecular weight excluding hydrogens is 194 g/mol. The normalized spacial score (nSPS) is 10.4. The Morgan fingerprint density at radius 2 is 2.07 bits per heavy atom. The van der Waals surface area contributed by atoms with Gasteiger partial charge in [-0.05, 0) is 23.6 Å². The molecule has 0 aliphatic heterocycles. The van der Waals surface area contributed by atoms with Crippen LogP contribution in [0.2, 0.25) is 5.02 Å². The third-order valence-electron chi connectivity index (χ3n) is 2.30. The molecular formula is C12H11ClN+. The van der Waals surface area contributed by atoms with Gasteiger partial charge in [-0.25, -0.2) is 4.57 Å². The van der Waals surface area contributed by atoms with Crippen LogP contribution in [-0.2, 0) is 7.05 Å². The average molecular weight is 205 g/mol. The topological polar surface area (TPSA) is 3.88 Å². The fourth-order valence-electron chi connectivity index (χ4n) is 1.54. The third kappa shape index (κ3) is 1.51. The second kappa shape index (κ2) is 3.43. The van der Waals surface area contributed by atoms with Gasteiger partial charge in [-0.2, -0.15) is 0 Å². The molecule has 0 fully saturated rings. The molecule has 70 valence electrons. The summed E-state index contributed by atoms with van der Waals surface area (Å²) in [5.41, 5.74) is 1.08. The summed E-state index contributed by atoms with van der Waals surface area (Å²) in [5, 5.41) is 3.09. The lowest BCUT2D eigenvalue weighted by molar-refractivity contribution is -0.671. The molecule has 14 heavy (non-hydrogen) atoms. The predicted molar refractivity (Wildman–Crippen MR) is 60.2 cm³/mol. The molecule has 0 aliphatic rings. The molecule has 0 saturated carbocycles. The highest BCUT2D eigenvalue weighted by molar-refractivity contribution is 6.31. The Morgan fingerprint density at radius 3 is 2.79 bits per heavy atom. The molecule has 2 aromatic rings. The van der Waals surface area contributed by atoms with Gasteiger partial charge in [0.25, 0.3) is 0 Å². The van der Waals surface area contributed by atoms with Crippen molar-refractivity contribution in [3.05, 3.63) is 47.8 Å². The smallest absolute Gasteiger partial charge is 0.201 e. The van der Waals surface area contributed by atoms with Crippen LogP contribution in [0.3, 0.4) is 0 Å². The number of pyridine rings is 1. The Hall–Kier alpha value is -1.34. The molecule has 1 aromatic heterocycles. The summed E-state index contributed by atoms with van der Waals surface area (Å²) in [4.78, 5) is 0. The van der Waals surface area contributed by atoms with Gasteiger partial charge in [0, 0.05) is 22.6 Å². The number of benzene rings is 1. The van der Waals surface area contributed by atoms with Crippen LogP contribution in [0.5, 0.6) is 0 Å². The van der Waals surface area contributed by atoms with Crippen LogP contribution in [0.15, 0.2) is 37.0 Å². The lowest BCUT2D eigenvalue weighted by Crippen LogP contribution is -2.30. The van der Waals surface area contributed by atoms with Crippen LogP contribution in [0, 0.1) is 0 Å². The number of hydrogen-bond acceptors (Lipinski definition) is 0. The van der Waals surface area contributed by atoms with E-state index in [9.17, 15) is 0 Å². The second-order valence-corrected chi connectivity index (χ2v) is 3.72. The van der Waals surface area contributed by atoms with Gasteiger partial charge in [0.05, 0.1) is 0 Å². The Labute approximate surface area is 88.3 Å². The number of aromatic nitrogens is 1. The Kier molecular flexibility index (Phi) is 2.26. The third-order valence-corrected chi connectivity index (χ3v) is 2.54. The molecule has 0 saturated heterocycles. The van der Waals surface area contributed by atoms with Crippen molar-refractivity contribution < 1.29 is 4.57 Å². The zero-order valence-electron chi connectivity index (χ0n) is 8.00. The number of nitrogens with zero attached hydrogens (tertiary/aromatic N) is 1. The summed E-state index contributed by atoms with van der Waals surface area (Å²) in [5.74, 6) is 0. The average Bonchev–Trinajstić information content (AvgIpc) is 2.17. The van der Waals surface area contributed by atoms with Gasteiger partial charge >= 0.3 is 0 Å². The summed E-state index contributed by atoms with van der Waals surface area (Å²) in [7, 11) is 2.01. The molecule has 0 N–H and O–H groups in total. The van der Waals surface area contributed by atoms with E-state index in [-0.39, 0.29) is 0 Å². The van der Waals surface area contributed by atoms with Gasteiger partial charge in [-0.3, -0.25) is 0 Å². The van der Waals surface area contributed by atoms with E-state index < -0.39 is 0 Å². The molecule has 1 heterocycles. The first-order valence-electron chi connectivity index (χ1n) is 4.42. The van der Waals surface area contributed by atoms with Gasteiger partial charge in [0.15, 0.2) is 6.20 Å². The SMILES string of the molecule is C=Cc1cc2cc(Cl)ccc2c[n+]1C. The van der Waals surface area contributed by atoms with Crippen LogP contribution >= 0.6 is 11.6 Å². The van der Waals surface area contributed by atoms with Crippen molar-refractivity contribution in [2.45, 2.75) is 0 Å². The molecule has 0 unspecified atom stereocenters. The van der Waals surface area contributed by atoms with Crippen LogP contribution in [-0.4, -0.2) is 0 Å². The molecule has 0 amide bonds. The zero-order chi connectivity index (χ0) is 10.1. The molecule has 1 aromatic carbocycles. The highest BCUT2D eigenvalue weighted by atomic mass is 35.5. The zero-order valence-corrected chi connectivity index (χ0v) is 8.75. The predicted octanol–water partition coefficient (Wildman–Crippen LogP) is 2.96. The van der Waals surface area contributed by atoms with Gasteiger partial charge in [-0.15, -0.1) is 0 Å². The van der Waals surface area contributed by atoms with E-state index in [0.29, 0.717) is 0 Å². The van der Waals surface area contributed by atoms with E-state index in [1.54, 1.807) is 0 Å². The van der Waals surface area contributed by atoms with Gasteiger partial charge in [0.1, 0.15) is 7.05 Å². The summed E-state index contributed by atoms with van der Waals surface area (Å²) in [6.45, 7) is 3.77. The molecule has 0 spiro atoms. The number of halogens is 1. The highest BCUT2D eigenvalue weighted by Crippen LogP contribution is 2.18. The van der Waals surface area contributed by atoms with Crippen molar-refractivity contribution in [2.24, 2.45) is 7.05 Å². The van der Waals surface area contributed by atoms with E-state index in [0.717, 1.165) is 16.1 Å². The first-order valence-corrected chi connectivity index (χ1v) is 4.80. The molecule has 2 heteroatoms. The molecule has 1 nitrogen and oxygen atoms in total. The Morgan fingerprint density at radius 1 is 1.29 bits per heavy atom. The Balaban J connectivity index is 2.79. The fourth-order valence-corrected chi connectivity index (χ4v) is 1.72. The highest BCUT2D eigenvalue weighted by Gasteiger charge is 2.05. The molecule has 2 rings (SSSR count). The Bertz CT molecular complexity index is 503.